The van der Waals surface area contributed by atoms with E-state index in [4.69, 9.17) is 5.11 Å². The van der Waals surface area contributed by atoms with Gasteiger partial charge in [-0.05, 0) is 36.4 Å². The Hall–Kier alpha value is -2.14. The van der Waals surface area contributed by atoms with Crippen molar-refractivity contribution >= 4 is 28.9 Å². The summed E-state index contributed by atoms with van der Waals surface area (Å²) < 4.78 is 0. The predicted molar refractivity (Wildman–Crippen MR) is 75.1 cm³/mol. The van der Waals surface area contributed by atoms with Gasteiger partial charge in [0.05, 0.1) is 5.69 Å². The number of carboxylic acid groups (broad SMARTS) is 1. The van der Waals surface area contributed by atoms with E-state index in [0.29, 0.717) is 11.3 Å². The molecule has 19 heavy (non-hydrogen) atoms. The Labute approximate surface area is 114 Å². The van der Waals surface area contributed by atoms with Gasteiger partial charge in [0.25, 0.3) is 5.91 Å². The van der Waals surface area contributed by atoms with Gasteiger partial charge in [-0.3, -0.25) is 4.79 Å². The van der Waals surface area contributed by atoms with Gasteiger partial charge in [-0.25, -0.2) is 4.79 Å². The van der Waals surface area contributed by atoms with Gasteiger partial charge in [0.2, 0.25) is 0 Å². The standard InChI is InChI=1S/C14H13NO3S/c1-8-4-3-5-9(2)11(8)13(16)15-10-6-7-19-12(10)14(17)18/h3-7H,1-2H3,(H,15,16)(H,17,18). The largest absolute Gasteiger partial charge is 0.477 e. The lowest BCUT2D eigenvalue weighted by Crippen LogP contribution is -2.16. The van der Waals surface area contributed by atoms with Crippen LogP contribution in [0, 0.1) is 13.8 Å². The van der Waals surface area contributed by atoms with Crippen molar-refractivity contribution in [3.63, 3.8) is 0 Å². The summed E-state index contributed by atoms with van der Waals surface area (Å²) in [7, 11) is 0. The summed E-state index contributed by atoms with van der Waals surface area (Å²) in [5.74, 6) is -1.32. The lowest BCUT2D eigenvalue weighted by atomic mass is 10.0. The second-order valence-electron chi connectivity index (χ2n) is 4.19. The molecule has 1 amide bonds. The average molecular weight is 275 g/mol. The molecule has 1 heterocycles. The van der Waals surface area contributed by atoms with Crippen molar-refractivity contribution in [3.8, 4) is 0 Å². The van der Waals surface area contributed by atoms with E-state index in [0.717, 1.165) is 22.5 Å². The SMILES string of the molecule is Cc1cccc(C)c1C(=O)Nc1ccsc1C(=O)O. The maximum absolute atomic E-state index is 12.2. The van der Waals surface area contributed by atoms with Gasteiger partial charge in [0.15, 0.2) is 0 Å². The molecule has 0 atom stereocenters. The van der Waals surface area contributed by atoms with Gasteiger partial charge < -0.3 is 10.4 Å². The molecule has 2 aromatic rings. The van der Waals surface area contributed by atoms with Crippen molar-refractivity contribution in [1.29, 1.82) is 0 Å². The Morgan fingerprint density at radius 3 is 2.37 bits per heavy atom. The predicted octanol–water partition coefficient (Wildman–Crippen LogP) is 3.32. The van der Waals surface area contributed by atoms with Crippen LogP contribution in [-0.2, 0) is 0 Å². The number of carboxylic acids is 1. The maximum atomic E-state index is 12.2. The highest BCUT2D eigenvalue weighted by atomic mass is 32.1. The number of hydrogen-bond donors (Lipinski definition) is 2. The Bertz CT molecular complexity index is 626. The lowest BCUT2D eigenvalue weighted by Gasteiger charge is -2.10. The molecule has 0 radical (unpaired) electrons. The van der Waals surface area contributed by atoms with Gasteiger partial charge in [0.1, 0.15) is 4.88 Å². The molecule has 0 aliphatic carbocycles. The molecule has 0 saturated carbocycles. The van der Waals surface area contributed by atoms with E-state index in [9.17, 15) is 9.59 Å². The fraction of sp³-hybridized carbons (Fsp3) is 0.143. The zero-order chi connectivity index (χ0) is 14.0. The van der Waals surface area contributed by atoms with Crippen LogP contribution in [0.15, 0.2) is 29.6 Å². The second-order valence-corrected chi connectivity index (χ2v) is 5.11. The molecule has 0 saturated heterocycles. The number of thiophene rings is 1. The van der Waals surface area contributed by atoms with Crippen LogP contribution in [0.1, 0.15) is 31.2 Å². The van der Waals surface area contributed by atoms with E-state index in [1.165, 1.54) is 0 Å². The van der Waals surface area contributed by atoms with Crippen molar-refractivity contribution < 1.29 is 14.7 Å². The monoisotopic (exact) mass is 275 g/mol. The molecular formula is C14H13NO3S. The first-order chi connectivity index (χ1) is 9.00. The van der Waals surface area contributed by atoms with E-state index in [1.54, 1.807) is 11.4 Å². The highest BCUT2D eigenvalue weighted by molar-refractivity contribution is 7.12. The molecule has 0 unspecified atom stereocenters. The topological polar surface area (TPSA) is 66.4 Å². The summed E-state index contributed by atoms with van der Waals surface area (Å²) in [6, 6.07) is 7.19. The second kappa shape index (κ2) is 5.24. The molecule has 98 valence electrons. The minimum atomic E-state index is -1.04. The smallest absolute Gasteiger partial charge is 0.348 e. The molecule has 0 aliphatic rings. The Kier molecular flexibility index (Phi) is 3.66. The molecule has 1 aromatic carbocycles. The number of carbonyl (C=O) groups is 2. The summed E-state index contributed by atoms with van der Waals surface area (Å²) in [6.07, 6.45) is 0. The summed E-state index contributed by atoms with van der Waals surface area (Å²) in [4.78, 5) is 23.4. The maximum Gasteiger partial charge on any atom is 0.348 e. The fourth-order valence-corrected chi connectivity index (χ4v) is 2.62. The third-order valence-corrected chi connectivity index (χ3v) is 3.72. The van der Waals surface area contributed by atoms with Crippen molar-refractivity contribution in [2.45, 2.75) is 13.8 Å². The number of aryl methyl sites for hydroxylation is 2. The van der Waals surface area contributed by atoms with Crippen LogP contribution in [0.3, 0.4) is 0 Å². The Morgan fingerprint density at radius 1 is 1.16 bits per heavy atom. The molecule has 4 nitrogen and oxygen atoms in total. The fourth-order valence-electron chi connectivity index (χ4n) is 1.93. The first-order valence-corrected chi connectivity index (χ1v) is 6.57. The van der Waals surface area contributed by atoms with Gasteiger partial charge in [-0.15, -0.1) is 11.3 Å². The molecule has 0 aliphatic heterocycles. The van der Waals surface area contributed by atoms with Crippen molar-refractivity contribution in [1.82, 2.24) is 0 Å². The summed E-state index contributed by atoms with van der Waals surface area (Å²) >= 11 is 1.09. The number of carbonyl (C=O) groups excluding carboxylic acids is 1. The van der Waals surface area contributed by atoms with Crippen molar-refractivity contribution in [2.75, 3.05) is 5.32 Å². The van der Waals surface area contributed by atoms with Crippen molar-refractivity contribution in [3.05, 3.63) is 51.2 Å². The number of hydrogen-bond acceptors (Lipinski definition) is 3. The van der Waals surface area contributed by atoms with Gasteiger partial charge in [0, 0.05) is 5.56 Å². The Morgan fingerprint density at radius 2 is 1.79 bits per heavy atom. The minimum Gasteiger partial charge on any atom is -0.477 e. The van der Waals surface area contributed by atoms with Gasteiger partial charge in [-0.2, -0.15) is 0 Å². The van der Waals surface area contributed by atoms with Crippen LogP contribution >= 0.6 is 11.3 Å². The summed E-state index contributed by atoms with van der Waals surface area (Å²) in [6.45, 7) is 3.71. The zero-order valence-corrected chi connectivity index (χ0v) is 11.4. The number of rotatable bonds is 3. The van der Waals surface area contributed by atoms with Gasteiger partial charge in [-0.1, -0.05) is 18.2 Å². The third-order valence-electron chi connectivity index (χ3n) is 2.82. The third kappa shape index (κ3) is 2.66. The van der Waals surface area contributed by atoms with Crippen LogP contribution in [0.4, 0.5) is 5.69 Å². The van der Waals surface area contributed by atoms with Crippen LogP contribution in [-0.4, -0.2) is 17.0 Å². The first kappa shape index (κ1) is 13.3. The number of amides is 1. The van der Waals surface area contributed by atoms with Crippen LogP contribution in [0.25, 0.3) is 0 Å². The molecule has 1 aromatic heterocycles. The zero-order valence-electron chi connectivity index (χ0n) is 10.6. The molecular weight excluding hydrogens is 262 g/mol. The van der Waals surface area contributed by atoms with E-state index < -0.39 is 5.97 Å². The summed E-state index contributed by atoms with van der Waals surface area (Å²) in [5.41, 5.74) is 2.66. The number of benzene rings is 1. The van der Waals surface area contributed by atoms with Crippen LogP contribution < -0.4 is 5.32 Å². The normalized spacial score (nSPS) is 10.2. The molecule has 0 fully saturated rings. The quantitative estimate of drug-likeness (QED) is 0.903. The van der Waals surface area contributed by atoms with E-state index >= 15 is 0 Å². The van der Waals surface area contributed by atoms with Crippen LogP contribution in [0.2, 0.25) is 0 Å². The highest BCUT2D eigenvalue weighted by Gasteiger charge is 2.17. The molecule has 2 N–H and O–H groups in total. The van der Waals surface area contributed by atoms with E-state index in [2.05, 4.69) is 5.32 Å². The molecule has 2 rings (SSSR count). The molecule has 5 heteroatoms. The minimum absolute atomic E-state index is 0.139. The van der Waals surface area contributed by atoms with Crippen LogP contribution in [0.5, 0.6) is 0 Å². The highest BCUT2D eigenvalue weighted by Crippen LogP contribution is 2.24. The number of nitrogens with one attached hydrogen (secondary N) is 1. The Balaban J connectivity index is 2.31. The summed E-state index contributed by atoms with van der Waals surface area (Å²) in [5, 5.41) is 13.3. The average Bonchev–Trinajstić information content (AvgIpc) is 2.76. The van der Waals surface area contributed by atoms with E-state index in [1.807, 2.05) is 32.0 Å². The first-order valence-electron chi connectivity index (χ1n) is 5.69. The number of aromatic carboxylic acids is 1. The van der Waals surface area contributed by atoms with Crippen molar-refractivity contribution in [2.24, 2.45) is 0 Å². The van der Waals surface area contributed by atoms with Gasteiger partial charge >= 0.3 is 5.97 Å². The lowest BCUT2D eigenvalue weighted by molar-refractivity contribution is 0.0703. The molecule has 0 spiro atoms. The molecule has 0 bridgehead atoms. The number of anilines is 1. The van der Waals surface area contributed by atoms with E-state index in [-0.39, 0.29) is 10.8 Å².